The molecule has 0 fully saturated rings. The number of halogens is 1. The molecule has 0 spiro atoms. The lowest BCUT2D eigenvalue weighted by molar-refractivity contribution is 0.562. The van der Waals surface area contributed by atoms with Gasteiger partial charge in [-0.1, -0.05) is 46.3 Å². The monoisotopic (exact) mass is 357 g/mol. The number of aromatic amines is 1. The number of nitrogens with zero attached hydrogens (tertiary/aromatic N) is 1. The van der Waals surface area contributed by atoms with Gasteiger partial charge in [0.05, 0.1) is 11.9 Å². The number of nitrogens with one attached hydrogen (secondary N) is 2. The van der Waals surface area contributed by atoms with Crippen LogP contribution in [-0.4, -0.2) is 30.0 Å². The van der Waals surface area contributed by atoms with E-state index < -0.39 is 10.0 Å². The summed E-state index contributed by atoms with van der Waals surface area (Å²) in [5, 5.41) is 6.92. The quantitative estimate of drug-likeness (QED) is 0.776. The fourth-order valence-electron chi connectivity index (χ4n) is 1.92. The van der Waals surface area contributed by atoms with Gasteiger partial charge < -0.3 is 0 Å². The van der Waals surface area contributed by atoms with Gasteiger partial charge in [-0.25, -0.2) is 13.1 Å². The third-order valence-corrected chi connectivity index (χ3v) is 5.32. The molecule has 2 rings (SSSR count). The van der Waals surface area contributed by atoms with E-state index in [-0.39, 0.29) is 10.9 Å². The Labute approximate surface area is 127 Å². The van der Waals surface area contributed by atoms with Gasteiger partial charge in [0.25, 0.3) is 0 Å². The molecule has 1 aromatic carbocycles. The minimum absolute atomic E-state index is 0.191. The van der Waals surface area contributed by atoms with Gasteiger partial charge in [0, 0.05) is 11.4 Å². The van der Waals surface area contributed by atoms with Crippen LogP contribution < -0.4 is 4.72 Å². The van der Waals surface area contributed by atoms with E-state index in [4.69, 9.17) is 0 Å². The van der Waals surface area contributed by atoms with Crippen molar-refractivity contribution >= 4 is 26.0 Å². The van der Waals surface area contributed by atoms with Crippen molar-refractivity contribution in [2.24, 2.45) is 0 Å². The maximum absolute atomic E-state index is 12.3. The molecule has 5 nitrogen and oxygen atoms in total. The lowest BCUT2D eigenvalue weighted by atomic mass is 10.1. The minimum Gasteiger partial charge on any atom is -0.281 e. The Morgan fingerprint density at radius 1 is 1.35 bits per heavy atom. The van der Waals surface area contributed by atoms with Gasteiger partial charge in [-0.15, -0.1) is 0 Å². The zero-order valence-electron chi connectivity index (χ0n) is 11.0. The molecule has 0 bridgehead atoms. The number of benzene rings is 1. The largest absolute Gasteiger partial charge is 0.281 e. The topological polar surface area (TPSA) is 74.8 Å². The molecule has 0 radical (unpaired) electrons. The highest BCUT2D eigenvalue weighted by molar-refractivity contribution is 9.09. The Morgan fingerprint density at radius 2 is 2.05 bits per heavy atom. The zero-order chi connectivity index (χ0) is 14.6. The second kappa shape index (κ2) is 6.51. The van der Waals surface area contributed by atoms with Crippen molar-refractivity contribution in [2.45, 2.75) is 24.3 Å². The Morgan fingerprint density at radius 3 is 2.60 bits per heavy atom. The summed E-state index contributed by atoms with van der Waals surface area (Å²) in [4.78, 5) is 0.191. The number of aryl methyl sites for hydroxylation is 1. The highest BCUT2D eigenvalue weighted by Gasteiger charge is 2.22. The molecule has 0 aliphatic carbocycles. The molecule has 0 saturated carbocycles. The van der Waals surface area contributed by atoms with Crippen LogP contribution in [0.15, 0.2) is 41.4 Å². The molecule has 1 heterocycles. The van der Waals surface area contributed by atoms with E-state index in [0.717, 1.165) is 5.56 Å². The first-order valence-electron chi connectivity index (χ1n) is 6.15. The smallest absolute Gasteiger partial charge is 0.244 e. The van der Waals surface area contributed by atoms with Crippen molar-refractivity contribution in [3.63, 3.8) is 0 Å². The molecule has 0 amide bonds. The van der Waals surface area contributed by atoms with E-state index in [9.17, 15) is 8.42 Å². The van der Waals surface area contributed by atoms with Crippen molar-refractivity contribution < 1.29 is 8.42 Å². The molecular weight excluding hydrogens is 342 g/mol. The number of hydrogen-bond donors (Lipinski definition) is 2. The predicted octanol–water partition coefficient (Wildman–Crippen LogP) is 2.00. The van der Waals surface area contributed by atoms with Crippen molar-refractivity contribution in [1.82, 2.24) is 14.9 Å². The van der Waals surface area contributed by atoms with Gasteiger partial charge >= 0.3 is 0 Å². The molecule has 0 aliphatic rings. The molecule has 0 aliphatic heterocycles. The van der Waals surface area contributed by atoms with Gasteiger partial charge in [0.15, 0.2) is 0 Å². The number of sulfonamides is 1. The van der Waals surface area contributed by atoms with Crippen LogP contribution in [0.1, 0.15) is 11.3 Å². The average molecular weight is 358 g/mol. The van der Waals surface area contributed by atoms with E-state index in [0.29, 0.717) is 17.4 Å². The Balaban J connectivity index is 2.12. The van der Waals surface area contributed by atoms with Crippen LogP contribution in [0, 0.1) is 6.92 Å². The fraction of sp³-hybridized carbons (Fsp3) is 0.308. The highest BCUT2D eigenvalue weighted by atomic mass is 79.9. The maximum atomic E-state index is 12.3. The zero-order valence-corrected chi connectivity index (χ0v) is 13.4. The van der Waals surface area contributed by atoms with Crippen LogP contribution in [0.25, 0.3) is 0 Å². The molecule has 1 unspecified atom stereocenters. The first-order valence-corrected chi connectivity index (χ1v) is 8.75. The summed E-state index contributed by atoms with van der Waals surface area (Å²) in [7, 11) is -3.55. The highest BCUT2D eigenvalue weighted by Crippen LogP contribution is 2.13. The summed E-state index contributed by atoms with van der Waals surface area (Å²) in [6, 6.07) is 9.56. The van der Waals surface area contributed by atoms with Crippen molar-refractivity contribution in [1.29, 1.82) is 0 Å². The maximum Gasteiger partial charge on any atom is 0.244 e. The van der Waals surface area contributed by atoms with E-state index in [2.05, 4.69) is 30.8 Å². The van der Waals surface area contributed by atoms with Crippen LogP contribution in [0.2, 0.25) is 0 Å². The van der Waals surface area contributed by atoms with E-state index in [1.54, 1.807) is 6.92 Å². The number of H-pyrrole nitrogens is 1. The van der Waals surface area contributed by atoms with Crippen LogP contribution >= 0.6 is 15.9 Å². The molecular formula is C13H16BrN3O2S. The van der Waals surface area contributed by atoms with Crippen molar-refractivity contribution in [2.75, 3.05) is 5.33 Å². The molecule has 2 aromatic rings. The van der Waals surface area contributed by atoms with Crippen LogP contribution in [0.5, 0.6) is 0 Å². The van der Waals surface area contributed by atoms with E-state index >= 15 is 0 Å². The molecule has 7 heteroatoms. The average Bonchev–Trinajstić information content (AvgIpc) is 2.86. The minimum atomic E-state index is -3.55. The number of rotatable bonds is 6. The van der Waals surface area contributed by atoms with E-state index in [1.165, 1.54) is 6.20 Å². The summed E-state index contributed by atoms with van der Waals surface area (Å²) in [6.45, 7) is 1.68. The Bertz CT molecular complexity index is 655. The third-order valence-electron chi connectivity index (χ3n) is 2.91. The number of hydrogen-bond acceptors (Lipinski definition) is 3. The predicted molar refractivity (Wildman–Crippen MR) is 81.4 cm³/mol. The first kappa shape index (κ1) is 15.2. The third kappa shape index (κ3) is 3.68. The van der Waals surface area contributed by atoms with Gasteiger partial charge in [-0.3, -0.25) is 5.10 Å². The fourth-order valence-corrected chi connectivity index (χ4v) is 3.90. The number of aromatic nitrogens is 2. The second-order valence-corrected chi connectivity index (χ2v) is 6.85. The van der Waals surface area contributed by atoms with Gasteiger partial charge in [-0.05, 0) is 18.9 Å². The second-order valence-electron chi connectivity index (χ2n) is 4.52. The van der Waals surface area contributed by atoms with Crippen molar-refractivity contribution in [3.8, 4) is 0 Å². The van der Waals surface area contributed by atoms with Gasteiger partial charge in [0.2, 0.25) is 10.0 Å². The molecule has 20 heavy (non-hydrogen) atoms. The summed E-state index contributed by atoms with van der Waals surface area (Å²) in [5.74, 6) is 0. The lowest BCUT2D eigenvalue weighted by Gasteiger charge is -2.16. The molecule has 1 atom stereocenters. The Kier molecular flexibility index (Phi) is 4.95. The molecule has 1 aromatic heterocycles. The summed E-state index contributed by atoms with van der Waals surface area (Å²) in [5.41, 5.74) is 1.62. The van der Waals surface area contributed by atoms with Gasteiger partial charge in [0.1, 0.15) is 4.90 Å². The van der Waals surface area contributed by atoms with Crippen LogP contribution in [0.4, 0.5) is 0 Å². The molecule has 108 valence electrons. The molecule has 2 N–H and O–H groups in total. The summed E-state index contributed by atoms with van der Waals surface area (Å²) >= 11 is 3.36. The van der Waals surface area contributed by atoms with Crippen molar-refractivity contribution in [3.05, 3.63) is 47.8 Å². The van der Waals surface area contributed by atoms with Crippen LogP contribution in [-0.2, 0) is 16.4 Å². The SMILES string of the molecule is Cc1[nH]ncc1S(=O)(=O)NC(CBr)Cc1ccccc1. The first-order chi connectivity index (χ1) is 9.53. The molecule has 0 saturated heterocycles. The Hall–Kier alpha value is -1.18. The van der Waals surface area contributed by atoms with E-state index in [1.807, 2.05) is 30.3 Å². The van der Waals surface area contributed by atoms with Gasteiger partial charge in [-0.2, -0.15) is 5.10 Å². The standard InChI is InChI=1S/C13H16BrN3O2S/c1-10-13(9-15-16-10)20(18,19)17-12(8-14)7-11-5-3-2-4-6-11/h2-6,9,12,17H,7-8H2,1H3,(H,15,16). The normalized spacial score (nSPS) is 13.3. The number of alkyl halides is 1. The van der Waals surface area contributed by atoms with Crippen LogP contribution in [0.3, 0.4) is 0 Å². The summed E-state index contributed by atoms with van der Waals surface area (Å²) in [6.07, 6.45) is 1.95. The summed E-state index contributed by atoms with van der Waals surface area (Å²) < 4.78 is 27.3. The lowest BCUT2D eigenvalue weighted by Crippen LogP contribution is -2.37.